The number of piperidine rings is 1. The van der Waals surface area contributed by atoms with Crippen LogP contribution in [0.2, 0.25) is 0 Å². The Morgan fingerprint density at radius 1 is 1.27 bits per heavy atom. The minimum atomic E-state index is -0.265. The van der Waals surface area contributed by atoms with E-state index in [0.29, 0.717) is 24.6 Å². The van der Waals surface area contributed by atoms with E-state index in [0.717, 1.165) is 24.1 Å². The van der Waals surface area contributed by atoms with E-state index in [1.54, 1.807) is 6.07 Å². The summed E-state index contributed by atoms with van der Waals surface area (Å²) >= 11 is 0. The molecule has 2 aromatic rings. The van der Waals surface area contributed by atoms with Gasteiger partial charge in [-0.25, -0.2) is 0 Å². The number of carbonyl (C=O) groups excluding carboxylic acids is 1. The third kappa shape index (κ3) is 3.75. The molecule has 138 valence electrons. The maximum absolute atomic E-state index is 12.7. The summed E-state index contributed by atoms with van der Waals surface area (Å²) in [7, 11) is 0. The molecule has 3 rings (SSSR count). The topological polar surface area (TPSA) is 66.6 Å². The Morgan fingerprint density at radius 3 is 2.65 bits per heavy atom. The van der Waals surface area contributed by atoms with Gasteiger partial charge in [0.2, 0.25) is 5.91 Å². The molecule has 0 aromatic heterocycles. The molecule has 1 aliphatic heterocycles. The maximum Gasteiger partial charge on any atom is 0.224 e. The minimum Gasteiger partial charge on any atom is -0.508 e. The van der Waals surface area contributed by atoms with Gasteiger partial charge in [0.25, 0.3) is 0 Å². The average molecular weight is 352 g/mol. The Bertz CT molecular complexity index is 762. The van der Waals surface area contributed by atoms with Crippen molar-refractivity contribution in [3.05, 3.63) is 65.7 Å². The Balaban J connectivity index is 1.65. The van der Waals surface area contributed by atoms with E-state index in [-0.39, 0.29) is 17.4 Å². The summed E-state index contributed by atoms with van der Waals surface area (Å²) < 4.78 is 0. The predicted molar refractivity (Wildman–Crippen MR) is 104 cm³/mol. The third-order valence-corrected chi connectivity index (χ3v) is 5.96. The first kappa shape index (κ1) is 18.5. The molecule has 1 fully saturated rings. The van der Waals surface area contributed by atoms with Gasteiger partial charge in [0, 0.05) is 25.6 Å². The number of hydrogen-bond acceptors (Lipinski definition) is 3. The number of amides is 1. The van der Waals surface area contributed by atoms with Crippen molar-refractivity contribution in [2.45, 2.75) is 38.1 Å². The van der Waals surface area contributed by atoms with Gasteiger partial charge in [-0.3, -0.25) is 4.79 Å². The van der Waals surface area contributed by atoms with Crippen LogP contribution >= 0.6 is 0 Å². The van der Waals surface area contributed by atoms with Gasteiger partial charge in [0.15, 0.2) is 0 Å². The summed E-state index contributed by atoms with van der Waals surface area (Å²) in [6, 6.07) is 17.0. The number of nitrogens with zero attached hydrogens (tertiary/aromatic N) is 1. The SMILES string of the molecule is CC1CN(C(=O)CC(N)c2ccccc2)CCC1(C)c1cccc(O)c1. The summed E-state index contributed by atoms with van der Waals surface area (Å²) in [6.07, 6.45) is 1.21. The van der Waals surface area contributed by atoms with Gasteiger partial charge in [-0.05, 0) is 41.0 Å². The van der Waals surface area contributed by atoms with Crippen molar-refractivity contribution in [1.29, 1.82) is 0 Å². The monoisotopic (exact) mass is 352 g/mol. The summed E-state index contributed by atoms with van der Waals surface area (Å²) in [5.74, 6) is 0.712. The smallest absolute Gasteiger partial charge is 0.224 e. The molecule has 1 amide bonds. The molecule has 3 atom stereocenters. The van der Waals surface area contributed by atoms with Crippen LogP contribution in [0.15, 0.2) is 54.6 Å². The number of phenolic OH excluding ortho intramolecular Hbond substituents is 1. The number of rotatable bonds is 4. The molecule has 1 heterocycles. The molecule has 4 nitrogen and oxygen atoms in total. The largest absolute Gasteiger partial charge is 0.508 e. The van der Waals surface area contributed by atoms with Crippen LogP contribution in [0.3, 0.4) is 0 Å². The maximum atomic E-state index is 12.7. The van der Waals surface area contributed by atoms with E-state index in [1.165, 1.54) is 0 Å². The first-order chi connectivity index (χ1) is 12.4. The molecular weight excluding hydrogens is 324 g/mol. The molecule has 0 bridgehead atoms. The van der Waals surface area contributed by atoms with E-state index >= 15 is 0 Å². The van der Waals surface area contributed by atoms with Crippen LogP contribution in [0, 0.1) is 5.92 Å². The molecule has 2 aromatic carbocycles. The molecule has 26 heavy (non-hydrogen) atoms. The fourth-order valence-corrected chi connectivity index (χ4v) is 3.89. The van der Waals surface area contributed by atoms with Crippen molar-refractivity contribution < 1.29 is 9.90 Å². The molecule has 1 aliphatic rings. The summed E-state index contributed by atoms with van der Waals surface area (Å²) in [6.45, 7) is 5.84. The van der Waals surface area contributed by atoms with Crippen LogP contribution in [0.5, 0.6) is 5.75 Å². The molecule has 0 radical (unpaired) electrons. The van der Waals surface area contributed by atoms with Crippen molar-refractivity contribution in [2.75, 3.05) is 13.1 Å². The number of phenols is 1. The molecule has 3 N–H and O–H groups in total. The molecular formula is C22H28N2O2. The lowest BCUT2D eigenvalue weighted by Crippen LogP contribution is -2.49. The molecule has 0 aliphatic carbocycles. The van der Waals surface area contributed by atoms with Crippen molar-refractivity contribution in [2.24, 2.45) is 11.7 Å². The van der Waals surface area contributed by atoms with E-state index in [2.05, 4.69) is 19.9 Å². The van der Waals surface area contributed by atoms with Crippen LogP contribution in [-0.4, -0.2) is 29.0 Å². The molecule has 1 saturated heterocycles. The first-order valence-electron chi connectivity index (χ1n) is 9.28. The standard InChI is InChI=1S/C22H28N2O2/c1-16-15-24(21(26)14-20(23)17-7-4-3-5-8-17)12-11-22(16,2)18-9-6-10-19(25)13-18/h3-10,13,16,20,25H,11-12,14-15,23H2,1-2H3. The van der Waals surface area contributed by atoms with Crippen LogP contribution in [0.4, 0.5) is 0 Å². The lowest BCUT2D eigenvalue weighted by molar-refractivity contribution is -0.134. The summed E-state index contributed by atoms with van der Waals surface area (Å²) in [5, 5.41) is 9.81. The zero-order chi connectivity index (χ0) is 18.7. The van der Waals surface area contributed by atoms with Crippen molar-refractivity contribution in [3.63, 3.8) is 0 Å². The second-order valence-electron chi connectivity index (χ2n) is 7.68. The van der Waals surface area contributed by atoms with Gasteiger partial charge in [-0.15, -0.1) is 0 Å². The van der Waals surface area contributed by atoms with Crippen LogP contribution < -0.4 is 5.73 Å². The Labute approximate surface area is 155 Å². The highest BCUT2D eigenvalue weighted by atomic mass is 16.3. The summed E-state index contributed by atoms with van der Waals surface area (Å²) in [5.41, 5.74) is 8.31. The van der Waals surface area contributed by atoms with Gasteiger partial charge >= 0.3 is 0 Å². The molecule has 3 unspecified atom stereocenters. The quantitative estimate of drug-likeness (QED) is 0.883. The predicted octanol–water partition coefficient (Wildman–Crippen LogP) is 3.61. The molecule has 4 heteroatoms. The fourth-order valence-electron chi connectivity index (χ4n) is 3.89. The number of nitrogens with two attached hydrogens (primary N) is 1. The van der Waals surface area contributed by atoms with Gasteiger partial charge < -0.3 is 15.7 Å². The van der Waals surface area contributed by atoms with Crippen LogP contribution in [0.25, 0.3) is 0 Å². The van der Waals surface area contributed by atoms with Crippen LogP contribution in [-0.2, 0) is 10.2 Å². The first-order valence-corrected chi connectivity index (χ1v) is 9.28. The lowest BCUT2D eigenvalue weighted by atomic mass is 9.68. The van der Waals surface area contributed by atoms with Gasteiger partial charge in [-0.1, -0.05) is 56.3 Å². The number of carbonyl (C=O) groups is 1. The Kier molecular flexibility index (Phi) is 5.33. The van der Waals surface area contributed by atoms with Crippen LogP contribution in [0.1, 0.15) is 43.9 Å². The zero-order valence-electron chi connectivity index (χ0n) is 15.6. The zero-order valence-corrected chi connectivity index (χ0v) is 15.6. The van der Waals surface area contributed by atoms with E-state index in [1.807, 2.05) is 47.4 Å². The second-order valence-corrected chi connectivity index (χ2v) is 7.68. The van der Waals surface area contributed by atoms with Crippen molar-refractivity contribution in [1.82, 2.24) is 4.90 Å². The number of likely N-dealkylation sites (tertiary alicyclic amines) is 1. The van der Waals surface area contributed by atoms with Gasteiger partial charge in [0.05, 0.1) is 0 Å². The van der Waals surface area contributed by atoms with Gasteiger partial charge in [0.1, 0.15) is 5.75 Å². The number of benzene rings is 2. The highest BCUT2D eigenvalue weighted by Gasteiger charge is 2.39. The second kappa shape index (κ2) is 7.50. The highest BCUT2D eigenvalue weighted by molar-refractivity contribution is 5.77. The number of hydrogen-bond donors (Lipinski definition) is 2. The number of aromatic hydroxyl groups is 1. The van der Waals surface area contributed by atoms with E-state index in [4.69, 9.17) is 5.73 Å². The van der Waals surface area contributed by atoms with Gasteiger partial charge in [-0.2, -0.15) is 0 Å². The minimum absolute atomic E-state index is 0.0446. The van der Waals surface area contributed by atoms with Crippen molar-refractivity contribution in [3.8, 4) is 5.75 Å². The molecule has 0 spiro atoms. The Hall–Kier alpha value is -2.33. The fraction of sp³-hybridized carbons (Fsp3) is 0.409. The average Bonchev–Trinajstić information content (AvgIpc) is 2.64. The van der Waals surface area contributed by atoms with E-state index < -0.39 is 0 Å². The molecule has 0 saturated carbocycles. The normalized spacial score (nSPS) is 24.3. The summed E-state index contributed by atoms with van der Waals surface area (Å²) in [4.78, 5) is 14.7. The van der Waals surface area contributed by atoms with Crippen molar-refractivity contribution >= 4 is 5.91 Å². The Morgan fingerprint density at radius 2 is 2.00 bits per heavy atom. The third-order valence-electron chi connectivity index (χ3n) is 5.96. The lowest BCUT2D eigenvalue weighted by Gasteiger charge is -2.45. The highest BCUT2D eigenvalue weighted by Crippen LogP contribution is 2.40. The van der Waals surface area contributed by atoms with E-state index in [9.17, 15) is 9.90 Å².